The SMILES string of the molecule is CCOC(=O)/C(F)=C\c1coc(C)n1. The molecule has 0 aliphatic rings. The van der Waals surface area contributed by atoms with E-state index in [4.69, 9.17) is 4.42 Å². The zero-order valence-electron chi connectivity index (χ0n) is 7.91. The largest absolute Gasteiger partial charge is 0.461 e. The molecule has 0 fully saturated rings. The molecule has 0 aliphatic heterocycles. The second-order valence-electron chi connectivity index (χ2n) is 2.50. The molecule has 0 aromatic carbocycles. The molecule has 0 unspecified atom stereocenters. The number of aryl methyl sites for hydroxylation is 1. The molecular weight excluding hydrogens is 189 g/mol. The first-order valence-corrected chi connectivity index (χ1v) is 4.10. The van der Waals surface area contributed by atoms with Crippen molar-refractivity contribution in [1.29, 1.82) is 0 Å². The number of esters is 1. The second-order valence-corrected chi connectivity index (χ2v) is 2.50. The summed E-state index contributed by atoms with van der Waals surface area (Å²) in [6.45, 7) is 3.36. The Balaban J connectivity index is 2.73. The Hall–Kier alpha value is -1.65. The lowest BCUT2D eigenvalue weighted by Gasteiger charge is -1.96. The number of oxazole rings is 1. The predicted octanol–water partition coefficient (Wildman–Crippen LogP) is 1.86. The number of aromatic nitrogens is 1. The van der Waals surface area contributed by atoms with Gasteiger partial charge in [-0.1, -0.05) is 0 Å². The quantitative estimate of drug-likeness (QED) is 0.550. The molecule has 1 heterocycles. The molecule has 1 aromatic rings. The Morgan fingerprint density at radius 1 is 1.79 bits per heavy atom. The Labute approximate surface area is 80.4 Å². The summed E-state index contributed by atoms with van der Waals surface area (Å²) in [5.74, 6) is -1.57. The standard InChI is InChI=1S/C9H10FNO3/c1-3-13-9(12)8(10)4-7-5-14-6(2)11-7/h4-5H,3H2,1-2H3/b8-4+. The first-order chi connectivity index (χ1) is 6.63. The Bertz CT molecular complexity index is 357. The molecule has 1 rings (SSSR count). The van der Waals surface area contributed by atoms with Crippen LogP contribution < -0.4 is 0 Å². The van der Waals surface area contributed by atoms with Gasteiger partial charge >= 0.3 is 5.97 Å². The monoisotopic (exact) mass is 199 g/mol. The molecule has 5 heteroatoms. The van der Waals surface area contributed by atoms with E-state index in [1.165, 1.54) is 6.26 Å². The highest BCUT2D eigenvalue weighted by molar-refractivity contribution is 5.90. The lowest BCUT2D eigenvalue weighted by atomic mass is 10.4. The van der Waals surface area contributed by atoms with Gasteiger partial charge in [0.15, 0.2) is 5.89 Å². The molecule has 14 heavy (non-hydrogen) atoms. The second kappa shape index (κ2) is 4.55. The number of carbonyl (C=O) groups is 1. The van der Waals surface area contributed by atoms with Gasteiger partial charge in [0.2, 0.25) is 5.83 Å². The van der Waals surface area contributed by atoms with E-state index >= 15 is 0 Å². The lowest BCUT2D eigenvalue weighted by molar-refractivity contribution is -0.140. The molecular formula is C9H10FNO3. The summed E-state index contributed by atoms with van der Waals surface area (Å²) >= 11 is 0. The van der Waals surface area contributed by atoms with E-state index in [1.54, 1.807) is 13.8 Å². The third kappa shape index (κ3) is 2.69. The Kier molecular flexibility index (Phi) is 3.39. The highest BCUT2D eigenvalue weighted by atomic mass is 19.1. The number of halogens is 1. The van der Waals surface area contributed by atoms with Gasteiger partial charge in [-0.25, -0.2) is 9.78 Å². The molecule has 0 bridgehead atoms. The van der Waals surface area contributed by atoms with Gasteiger partial charge < -0.3 is 9.15 Å². The van der Waals surface area contributed by atoms with Crippen molar-refractivity contribution in [3.05, 3.63) is 23.7 Å². The zero-order chi connectivity index (χ0) is 10.6. The minimum Gasteiger partial charge on any atom is -0.461 e. The normalized spacial score (nSPS) is 11.5. The smallest absolute Gasteiger partial charge is 0.367 e. The lowest BCUT2D eigenvalue weighted by Crippen LogP contribution is -2.03. The fraction of sp³-hybridized carbons (Fsp3) is 0.333. The van der Waals surface area contributed by atoms with Gasteiger partial charge in [0.25, 0.3) is 0 Å². The average molecular weight is 199 g/mol. The van der Waals surface area contributed by atoms with Crippen molar-refractivity contribution in [3.8, 4) is 0 Å². The van der Waals surface area contributed by atoms with Gasteiger partial charge in [0.1, 0.15) is 12.0 Å². The zero-order valence-corrected chi connectivity index (χ0v) is 7.91. The van der Waals surface area contributed by atoms with Crippen molar-refractivity contribution in [2.24, 2.45) is 0 Å². The van der Waals surface area contributed by atoms with Gasteiger partial charge in [-0.05, 0) is 6.92 Å². The molecule has 1 aromatic heterocycles. The van der Waals surface area contributed by atoms with Gasteiger partial charge in [-0.3, -0.25) is 0 Å². The number of hydrogen-bond acceptors (Lipinski definition) is 4. The summed E-state index contributed by atoms with van der Waals surface area (Å²) in [6, 6.07) is 0. The number of carbonyl (C=O) groups excluding carboxylic acids is 1. The van der Waals surface area contributed by atoms with Crippen LogP contribution in [-0.2, 0) is 9.53 Å². The van der Waals surface area contributed by atoms with E-state index in [-0.39, 0.29) is 12.3 Å². The summed E-state index contributed by atoms with van der Waals surface area (Å²) in [5.41, 5.74) is 0.257. The van der Waals surface area contributed by atoms with Crippen molar-refractivity contribution in [1.82, 2.24) is 4.98 Å². The maximum Gasteiger partial charge on any atom is 0.367 e. The molecule has 0 atom stereocenters. The molecule has 0 saturated heterocycles. The van der Waals surface area contributed by atoms with E-state index in [2.05, 4.69) is 9.72 Å². The van der Waals surface area contributed by atoms with Gasteiger partial charge in [-0.2, -0.15) is 4.39 Å². The van der Waals surface area contributed by atoms with Crippen LogP contribution in [0.1, 0.15) is 18.5 Å². The molecule has 76 valence electrons. The van der Waals surface area contributed by atoms with Crippen molar-refractivity contribution in [2.75, 3.05) is 6.61 Å². The van der Waals surface area contributed by atoms with Crippen LogP contribution in [0.15, 0.2) is 16.5 Å². The molecule has 0 radical (unpaired) electrons. The van der Waals surface area contributed by atoms with Crippen LogP contribution in [0.4, 0.5) is 4.39 Å². The van der Waals surface area contributed by atoms with Crippen LogP contribution >= 0.6 is 0 Å². The summed E-state index contributed by atoms with van der Waals surface area (Å²) < 4.78 is 22.3. The fourth-order valence-corrected chi connectivity index (χ4v) is 0.835. The third-order valence-corrected chi connectivity index (χ3v) is 1.38. The topological polar surface area (TPSA) is 52.3 Å². The van der Waals surface area contributed by atoms with Crippen molar-refractivity contribution < 1.29 is 18.3 Å². The Morgan fingerprint density at radius 2 is 2.50 bits per heavy atom. The van der Waals surface area contributed by atoms with Crippen LogP contribution in [0, 0.1) is 6.92 Å². The van der Waals surface area contributed by atoms with Crippen LogP contribution in [0.5, 0.6) is 0 Å². The molecule has 0 saturated carbocycles. The van der Waals surface area contributed by atoms with E-state index in [0.29, 0.717) is 5.89 Å². The van der Waals surface area contributed by atoms with Crippen LogP contribution in [-0.4, -0.2) is 17.6 Å². The number of nitrogens with zero attached hydrogens (tertiary/aromatic N) is 1. The minimum atomic E-state index is -0.992. The van der Waals surface area contributed by atoms with Gasteiger partial charge in [0.05, 0.1) is 6.61 Å². The molecule has 0 spiro atoms. The van der Waals surface area contributed by atoms with Gasteiger partial charge in [0, 0.05) is 13.0 Å². The summed E-state index contributed by atoms with van der Waals surface area (Å²) in [6.07, 6.45) is 2.22. The van der Waals surface area contributed by atoms with Crippen molar-refractivity contribution >= 4 is 12.0 Å². The summed E-state index contributed by atoms with van der Waals surface area (Å²) in [7, 11) is 0. The molecule has 0 aliphatic carbocycles. The minimum absolute atomic E-state index is 0.137. The summed E-state index contributed by atoms with van der Waals surface area (Å²) in [4.78, 5) is 14.6. The Morgan fingerprint density at radius 3 is 3.00 bits per heavy atom. The number of ether oxygens (including phenoxy) is 1. The molecule has 4 nitrogen and oxygen atoms in total. The first-order valence-electron chi connectivity index (χ1n) is 4.10. The predicted molar refractivity (Wildman–Crippen MR) is 47.0 cm³/mol. The fourth-order valence-electron chi connectivity index (χ4n) is 0.835. The average Bonchev–Trinajstić information content (AvgIpc) is 2.51. The maximum atomic E-state index is 13.0. The number of rotatable bonds is 3. The van der Waals surface area contributed by atoms with Crippen molar-refractivity contribution in [3.63, 3.8) is 0 Å². The van der Waals surface area contributed by atoms with Crippen LogP contribution in [0.2, 0.25) is 0 Å². The van der Waals surface area contributed by atoms with E-state index in [1.807, 2.05) is 0 Å². The molecule has 0 amide bonds. The van der Waals surface area contributed by atoms with E-state index < -0.39 is 11.8 Å². The number of hydrogen-bond donors (Lipinski definition) is 0. The van der Waals surface area contributed by atoms with Crippen molar-refractivity contribution in [2.45, 2.75) is 13.8 Å². The van der Waals surface area contributed by atoms with Crippen LogP contribution in [0.3, 0.4) is 0 Å². The molecule has 0 N–H and O–H groups in total. The highest BCUT2D eigenvalue weighted by Gasteiger charge is 2.10. The van der Waals surface area contributed by atoms with Crippen LogP contribution in [0.25, 0.3) is 6.08 Å². The first kappa shape index (κ1) is 10.4. The summed E-state index contributed by atoms with van der Waals surface area (Å²) in [5, 5.41) is 0. The third-order valence-electron chi connectivity index (χ3n) is 1.38. The van der Waals surface area contributed by atoms with E-state index in [9.17, 15) is 9.18 Å². The van der Waals surface area contributed by atoms with E-state index in [0.717, 1.165) is 6.08 Å². The highest BCUT2D eigenvalue weighted by Crippen LogP contribution is 2.09. The maximum absolute atomic E-state index is 13.0. The van der Waals surface area contributed by atoms with Gasteiger partial charge in [-0.15, -0.1) is 0 Å².